The smallest absolute Gasteiger partial charge is 0.256 e. The van der Waals surface area contributed by atoms with Gasteiger partial charge in [-0.1, -0.05) is 0 Å². The van der Waals surface area contributed by atoms with E-state index in [1.54, 1.807) is 18.3 Å². The van der Waals surface area contributed by atoms with E-state index in [4.69, 9.17) is 4.42 Å². The molecule has 0 saturated heterocycles. The third kappa shape index (κ3) is 2.27. The van der Waals surface area contributed by atoms with E-state index in [9.17, 15) is 4.79 Å². The van der Waals surface area contributed by atoms with Crippen LogP contribution in [0.25, 0.3) is 0 Å². The highest BCUT2D eigenvalue weighted by molar-refractivity contribution is 9.10. The summed E-state index contributed by atoms with van der Waals surface area (Å²) >= 11 is 3.14. The number of hydrogen-bond donors (Lipinski definition) is 2. The first-order chi connectivity index (χ1) is 7.27. The average Bonchev–Trinajstić information content (AvgIpc) is 2.84. The van der Waals surface area contributed by atoms with Crippen LogP contribution in [0, 0.1) is 0 Å². The summed E-state index contributed by atoms with van der Waals surface area (Å²) in [6.45, 7) is 0.413. The lowest BCUT2D eigenvalue weighted by Crippen LogP contribution is -2.22. The molecule has 15 heavy (non-hydrogen) atoms. The number of aromatic nitrogens is 2. The molecule has 0 unspecified atom stereocenters. The first-order valence-corrected chi connectivity index (χ1v) is 5.06. The van der Waals surface area contributed by atoms with E-state index in [0.29, 0.717) is 16.8 Å². The molecule has 0 aromatic carbocycles. The summed E-state index contributed by atoms with van der Waals surface area (Å²) in [5.41, 5.74) is 1.33. The van der Waals surface area contributed by atoms with Crippen LogP contribution in [0.2, 0.25) is 0 Å². The van der Waals surface area contributed by atoms with E-state index in [2.05, 4.69) is 31.4 Å². The van der Waals surface area contributed by atoms with Gasteiger partial charge in [0.1, 0.15) is 0 Å². The topological polar surface area (TPSA) is 70.9 Å². The molecule has 0 saturated carbocycles. The molecule has 2 aromatic heterocycles. The molecule has 1 amide bonds. The van der Waals surface area contributed by atoms with E-state index in [1.807, 2.05) is 0 Å². The van der Waals surface area contributed by atoms with Crippen molar-refractivity contribution in [1.29, 1.82) is 0 Å². The average molecular weight is 270 g/mol. The number of carbonyl (C=O) groups excluding carboxylic acids is 1. The third-order valence-electron chi connectivity index (χ3n) is 1.86. The van der Waals surface area contributed by atoms with Crippen molar-refractivity contribution >= 4 is 21.8 Å². The highest BCUT2D eigenvalue weighted by Gasteiger charge is 2.11. The van der Waals surface area contributed by atoms with Gasteiger partial charge in [-0.05, 0) is 28.1 Å². The molecule has 5 nitrogen and oxygen atoms in total. The normalized spacial score (nSPS) is 10.2. The van der Waals surface area contributed by atoms with Crippen molar-refractivity contribution < 1.29 is 9.21 Å². The zero-order valence-corrected chi connectivity index (χ0v) is 9.24. The zero-order chi connectivity index (χ0) is 10.7. The number of nitrogens with one attached hydrogen (secondary N) is 2. The van der Waals surface area contributed by atoms with Crippen molar-refractivity contribution in [3.05, 3.63) is 40.5 Å². The number of rotatable bonds is 3. The Morgan fingerprint density at radius 1 is 1.60 bits per heavy atom. The molecular formula is C9H8BrN3O2. The second kappa shape index (κ2) is 4.31. The lowest BCUT2D eigenvalue weighted by molar-refractivity contribution is 0.0948. The molecule has 2 aromatic rings. The SMILES string of the molecule is O=C(NCc1ccn[nH]1)c1ccoc1Br. The van der Waals surface area contributed by atoms with Crippen LogP contribution in [0.4, 0.5) is 0 Å². The van der Waals surface area contributed by atoms with E-state index in [-0.39, 0.29) is 5.91 Å². The Kier molecular flexibility index (Phi) is 2.86. The molecule has 0 radical (unpaired) electrons. The minimum absolute atomic E-state index is 0.190. The summed E-state index contributed by atoms with van der Waals surface area (Å²) in [6, 6.07) is 3.40. The Morgan fingerprint density at radius 2 is 2.47 bits per heavy atom. The van der Waals surface area contributed by atoms with E-state index in [0.717, 1.165) is 5.69 Å². The fourth-order valence-electron chi connectivity index (χ4n) is 1.11. The first-order valence-electron chi connectivity index (χ1n) is 4.27. The molecule has 0 fully saturated rings. The van der Waals surface area contributed by atoms with Crippen molar-refractivity contribution in [2.24, 2.45) is 0 Å². The third-order valence-corrected chi connectivity index (χ3v) is 2.47. The van der Waals surface area contributed by atoms with Crippen LogP contribution in [-0.2, 0) is 6.54 Å². The molecule has 2 N–H and O–H groups in total. The predicted molar refractivity (Wildman–Crippen MR) is 56.2 cm³/mol. The molecule has 0 aliphatic carbocycles. The Labute approximate surface area is 94.0 Å². The number of furan rings is 1. The number of aromatic amines is 1. The molecule has 0 bridgehead atoms. The number of H-pyrrole nitrogens is 1. The van der Waals surface area contributed by atoms with Gasteiger partial charge in [-0.15, -0.1) is 0 Å². The van der Waals surface area contributed by atoms with Crippen molar-refractivity contribution in [3.63, 3.8) is 0 Å². The molecular weight excluding hydrogens is 262 g/mol. The molecule has 0 aliphatic heterocycles. The van der Waals surface area contributed by atoms with Crippen LogP contribution in [0.15, 0.2) is 33.7 Å². The fraction of sp³-hybridized carbons (Fsp3) is 0.111. The van der Waals surface area contributed by atoms with Crippen LogP contribution in [0.3, 0.4) is 0 Å². The van der Waals surface area contributed by atoms with Crippen LogP contribution < -0.4 is 5.32 Å². The predicted octanol–water partition coefficient (Wildman–Crippen LogP) is 1.70. The summed E-state index contributed by atoms with van der Waals surface area (Å²) in [7, 11) is 0. The zero-order valence-electron chi connectivity index (χ0n) is 7.66. The number of halogens is 1. The summed E-state index contributed by atoms with van der Waals surface area (Å²) in [5, 5.41) is 9.26. The Balaban J connectivity index is 1.96. The minimum atomic E-state index is -0.190. The molecule has 2 rings (SSSR count). The monoisotopic (exact) mass is 269 g/mol. The second-order valence-corrected chi connectivity index (χ2v) is 3.59. The number of hydrogen-bond acceptors (Lipinski definition) is 3. The number of nitrogens with zero attached hydrogens (tertiary/aromatic N) is 1. The van der Waals surface area contributed by atoms with Gasteiger partial charge >= 0.3 is 0 Å². The Hall–Kier alpha value is -1.56. The van der Waals surface area contributed by atoms with Crippen molar-refractivity contribution in [3.8, 4) is 0 Å². The second-order valence-electron chi connectivity index (χ2n) is 2.87. The van der Waals surface area contributed by atoms with Crippen molar-refractivity contribution in [2.75, 3.05) is 0 Å². The van der Waals surface area contributed by atoms with Gasteiger partial charge in [-0.25, -0.2) is 0 Å². The summed E-state index contributed by atoms with van der Waals surface area (Å²) in [4.78, 5) is 11.6. The van der Waals surface area contributed by atoms with Gasteiger partial charge < -0.3 is 9.73 Å². The van der Waals surface area contributed by atoms with Crippen molar-refractivity contribution in [2.45, 2.75) is 6.54 Å². The van der Waals surface area contributed by atoms with Gasteiger partial charge in [0.05, 0.1) is 24.1 Å². The number of carbonyl (C=O) groups is 1. The van der Waals surface area contributed by atoms with E-state index < -0.39 is 0 Å². The van der Waals surface area contributed by atoms with Crippen LogP contribution in [0.5, 0.6) is 0 Å². The van der Waals surface area contributed by atoms with E-state index >= 15 is 0 Å². The maximum Gasteiger partial charge on any atom is 0.256 e. The van der Waals surface area contributed by atoms with Gasteiger partial charge in [-0.2, -0.15) is 5.10 Å². The summed E-state index contributed by atoms with van der Waals surface area (Å²) in [6.07, 6.45) is 3.09. The molecule has 0 atom stereocenters. The summed E-state index contributed by atoms with van der Waals surface area (Å²) < 4.78 is 5.39. The molecule has 78 valence electrons. The lowest BCUT2D eigenvalue weighted by Gasteiger charge is -2.01. The first kappa shape index (κ1) is 9.97. The van der Waals surface area contributed by atoms with E-state index in [1.165, 1.54) is 6.26 Å². The highest BCUT2D eigenvalue weighted by atomic mass is 79.9. The van der Waals surface area contributed by atoms with Crippen LogP contribution in [-0.4, -0.2) is 16.1 Å². The fourth-order valence-corrected chi connectivity index (χ4v) is 1.53. The van der Waals surface area contributed by atoms with Crippen LogP contribution >= 0.6 is 15.9 Å². The number of amides is 1. The molecule has 2 heterocycles. The maximum absolute atomic E-state index is 11.6. The Morgan fingerprint density at radius 3 is 3.07 bits per heavy atom. The molecule has 0 aliphatic rings. The standard InChI is InChI=1S/C9H8BrN3O2/c10-8-7(2-4-15-8)9(14)11-5-6-1-3-12-13-6/h1-4H,5H2,(H,11,14)(H,12,13). The van der Waals surface area contributed by atoms with Gasteiger partial charge in [0.15, 0.2) is 4.67 Å². The minimum Gasteiger partial charge on any atom is -0.457 e. The van der Waals surface area contributed by atoms with Crippen LogP contribution in [0.1, 0.15) is 16.1 Å². The largest absolute Gasteiger partial charge is 0.457 e. The van der Waals surface area contributed by atoms with Gasteiger partial charge in [0.2, 0.25) is 0 Å². The summed E-state index contributed by atoms with van der Waals surface area (Å²) in [5.74, 6) is -0.190. The van der Waals surface area contributed by atoms with Gasteiger partial charge in [-0.3, -0.25) is 9.89 Å². The van der Waals surface area contributed by atoms with Gasteiger partial charge in [0.25, 0.3) is 5.91 Å². The maximum atomic E-state index is 11.6. The van der Waals surface area contributed by atoms with Gasteiger partial charge in [0, 0.05) is 6.20 Å². The molecule has 6 heteroatoms. The lowest BCUT2D eigenvalue weighted by atomic mass is 10.3. The quantitative estimate of drug-likeness (QED) is 0.891. The molecule has 0 spiro atoms. The van der Waals surface area contributed by atoms with Crippen molar-refractivity contribution in [1.82, 2.24) is 15.5 Å². The Bertz CT molecular complexity index is 450. The highest BCUT2D eigenvalue weighted by Crippen LogP contribution is 2.17.